The lowest BCUT2D eigenvalue weighted by Gasteiger charge is -2.23. The van der Waals surface area contributed by atoms with E-state index in [1.165, 1.54) is 32.0 Å². The predicted octanol–water partition coefficient (Wildman–Crippen LogP) is 5.33. The molecular formula is C35H32F3N3O6. The minimum absolute atomic E-state index is 0.0311. The number of rotatable bonds is 12. The normalized spacial score (nSPS) is 11.9. The fourth-order valence-corrected chi connectivity index (χ4v) is 4.81. The molecule has 1 heterocycles. The van der Waals surface area contributed by atoms with Crippen LogP contribution in [-0.4, -0.2) is 40.4 Å². The first-order chi connectivity index (χ1) is 22.3. The number of carbonyl (C=O) groups excluding carboxylic acids is 4. The number of halogens is 3. The largest absolute Gasteiger partial charge is 0.457 e. The third kappa shape index (κ3) is 9.03. The summed E-state index contributed by atoms with van der Waals surface area (Å²) in [6.45, 7) is 2.00. The Labute approximate surface area is 268 Å². The van der Waals surface area contributed by atoms with Gasteiger partial charge in [0.1, 0.15) is 18.8 Å². The Balaban J connectivity index is 1.56. The molecule has 1 unspecified atom stereocenters. The molecule has 47 heavy (non-hydrogen) atoms. The molecular weight excluding hydrogens is 615 g/mol. The summed E-state index contributed by atoms with van der Waals surface area (Å²) in [5, 5.41) is 4.62. The predicted molar refractivity (Wildman–Crippen MR) is 168 cm³/mol. The second-order valence-corrected chi connectivity index (χ2v) is 11.0. The number of ketones is 1. The van der Waals surface area contributed by atoms with Gasteiger partial charge in [0.25, 0.3) is 11.3 Å². The number of nitrogens with one attached hydrogen (secondary N) is 2. The van der Waals surface area contributed by atoms with Gasteiger partial charge >= 0.3 is 12.1 Å². The molecule has 4 aromatic rings. The lowest BCUT2D eigenvalue weighted by molar-refractivity contribution is -0.174. The molecule has 0 saturated heterocycles. The van der Waals surface area contributed by atoms with Crippen LogP contribution in [0.5, 0.6) is 0 Å². The number of nitrogens with zero attached hydrogens (tertiary/aromatic N) is 1. The topological polar surface area (TPSA) is 124 Å². The van der Waals surface area contributed by atoms with Crippen LogP contribution in [0.4, 0.5) is 18.9 Å². The zero-order valence-corrected chi connectivity index (χ0v) is 25.5. The van der Waals surface area contributed by atoms with Gasteiger partial charge in [0.2, 0.25) is 11.8 Å². The first-order valence-corrected chi connectivity index (χ1v) is 14.6. The number of benzene rings is 3. The molecule has 0 bridgehead atoms. The van der Waals surface area contributed by atoms with Gasteiger partial charge < -0.3 is 15.4 Å². The minimum Gasteiger partial charge on any atom is -0.457 e. The van der Waals surface area contributed by atoms with E-state index < -0.39 is 53.8 Å². The van der Waals surface area contributed by atoms with Crippen molar-refractivity contribution >= 4 is 29.3 Å². The molecule has 4 rings (SSSR count). The van der Waals surface area contributed by atoms with E-state index in [0.717, 1.165) is 10.1 Å². The SMILES string of the molecule is CC(C)C(NC(=O)Cn1c(-c2ccccc2)ccc(NC(=O)Cc2ccccc2C(=O)OCc2ccccc2)c1=O)C(=O)C(F)(F)F. The number of carbonyl (C=O) groups is 4. The van der Waals surface area contributed by atoms with Crippen molar-refractivity contribution in [3.8, 4) is 11.3 Å². The number of amides is 2. The van der Waals surface area contributed by atoms with Gasteiger partial charge in [0.15, 0.2) is 0 Å². The van der Waals surface area contributed by atoms with Crippen molar-refractivity contribution in [3.05, 3.63) is 124 Å². The van der Waals surface area contributed by atoms with Crippen LogP contribution < -0.4 is 16.2 Å². The van der Waals surface area contributed by atoms with Crippen LogP contribution in [0.2, 0.25) is 0 Å². The second-order valence-electron chi connectivity index (χ2n) is 11.0. The Morgan fingerprint density at radius 3 is 2.06 bits per heavy atom. The van der Waals surface area contributed by atoms with E-state index in [-0.39, 0.29) is 30.0 Å². The highest BCUT2D eigenvalue weighted by Crippen LogP contribution is 2.22. The number of anilines is 1. The Kier molecular flexibility index (Phi) is 11.1. The van der Waals surface area contributed by atoms with Crippen molar-refractivity contribution in [1.29, 1.82) is 0 Å². The Hall–Kier alpha value is -5.52. The summed E-state index contributed by atoms with van der Waals surface area (Å²) in [4.78, 5) is 64.6. The molecule has 0 fully saturated rings. The molecule has 2 N–H and O–H groups in total. The first-order valence-electron chi connectivity index (χ1n) is 14.6. The smallest absolute Gasteiger partial charge is 0.452 e. The fraction of sp³-hybridized carbons (Fsp3) is 0.229. The third-order valence-corrected chi connectivity index (χ3v) is 7.17. The fourth-order valence-electron chi connectivity index (χ4n) is 4.81. The molecule has 9 nitrogen and oxygen atoms in total. The van der Waals surface area contributed by atoms with E-state index in [1.54, 1.807) is 60.7 Å². The van der Waals surface area contributed by atoms with Gasteiger partial charge in [-0.15, -0.1) is 0 Å². The van der Waals surface area contributed by atoms with Gasteiger partial charge in [-0.1, -0.05) is 92.7 Å². The van der Waals surface area contributed by atoms with Crippen molar-refractivity contribution < 1.29 is 37.1 Å². The average Bonchev–Trinajstić information content (AvgIpc) is 3.04. The summed E-state index contributed by atoms with van der Waals surface area (Å²) in [7, 11) is 0. The van der Waals surface area contributed by atoms with E-state index in [4.69, 9.17) is 4.74 Å². The van der Waals surface area contributed by atoms with Gasteiger partial charge in [-0.2, -0.15) is 13.2 Å². The van der Waals surface area contributed by atoms with Crippen LogP contribution in [0.1, 0.15) is 35.3 Å². The summed E-state index contributed by atoms with van der Waals surface area (Å²) in [6.07, 6.45) is -5.47. The van der Waals surface area contributed by atoms with Crippen LogP contribution in [0, 0.1) is 5.92 Å². The second kappa shape index (κ2) is 15.2. The Morgan fingerprint density at radius 2 is 1.43 bits per heavy atom. The standard InChI is InChI=1S/C35H32F3N3O6/c1-22(2)31(32(44)35(36,37)38)40-30(43)20-41-28(24-13-7-4-8-14-24)18-17-27(33(41)45)39-29(42)19-25-15-9-10-16-26(25)34(46)47-21-23-11-5-3-6-12-23/h3-18,22,31H,19-21H2,1-2H3,(H,39,42)(H,40,43). The van der Waals surface area contributed by atoms with Crippen molar-refractivity contribution in [1.82, 2.24) is 9.88 Å². The maximum Gasteiger partial charge on any atom is 0.452 e. The molecule has 0 radical (unpaired) electrons. The van der Waals surface area contributed by atoms with Crippen LogP contribution >= 0.6 is 0 Å². The van der Waals surface area contributed by atoms with Crippen LogP contribution in [-0.2, 0) is 38.7 Å². The van der Waals surface area contributed by atoms with Gasteiger partial charge in [-0.25, -0.2) is 4.79 Å². The van der Waals surface area contributed by atoms with Crippen molar-refractivity contribution in [2.75, 3.05) is 5.32 Å². The molecule has 2 amide bonds. The van der Waals surface area contributed by atoms with E-state index in [1.807, 2.05) is 18.2 Å². The van der Waals surface area contributed by atoms with Crippen molar-refractivity contribution in [2.45, 2.75) is 45.6 Å². The summed E-state index contributed by atoms with van der Waals surface area (Å²) in [5.74, 6) is -5.29. The number of pyridine rings is 1. The molecule has 0 aliphatic carbocycles. The van der Waals surface area contributed by atoms with Crippen molar-refractivity contribution in [2.24, 2.45) is 5.92 Å². The van der Waals surface area contributed by atoms with E-state index in [0.29, 0.717) is 11.1 Å². The lowest BCUT2D eigenvalue weighted by Crippen LogP contribution is -2.50. The number of hydrogen-bond donors (Lipinski definition) is 2. The van der Waals surface area contributed by atoms with E-state index in [9.17, 15) is 37.1 Å². The van der Waals surface area contributed by atoms with Crippen LogP contribution in [0.3, 0.4) is 0 Å². The molecule has 3 aromatic carbocycles. The summed E-state index contributed by atoms with van der Waals surface area (Å²) in [5.41, 5.74) is 1.04. The zero-order valence-electron chi connectivity index (χ0n) is 25.5. The molecule has 1 atom stereocenters. The number of aromatic nitrogens is 1. The summed E-state index contributed by atoms with van der Waals surface area (Å²) in [6, 6.07) is 24.8. The number of esters is 1. The number of alkyl halides is 3. The lowest BCUT2D eigenvalue weighted by atomic mass is 9.99. The molecule has 1 aromatic heterocycles. The van der Waals surface area contributed by atoms with Gasteiger partial charge in [0.05, 0.1) is 23.7 Å². The number of ether oxygens (including phenoxy) is 1. The molecule has 244 valence electrons. The third-order valence-electron chi connectivity index (χ3n) is 7.17. The van der Waals surface area contributed by atoms with Crippen molar-refractivity contribution in [3.63, 3.8) is 0 Å². The van der Waals surface area contributed by atoms with Crippen LogP contribution in [0.15, 0.2) is 102 Å². The van der Waals surface area contributed by atoms with Crippen LogP contribution in [0.25, 0.3) is 11.3 Å². The molecule has 0 spiro atoms. The monoisotopic (exact) mass is 647 g/mol. The highest BCUT2D eigenvalue weighted by Gasteiger charge is 2.45. The zero-order chi connectivity index (χ0) is 34.1. The van der Waals surface area contributed by atoms with Gasteiger partial charge in [-0.3, -0.25) is 23.7 Å². The highest BCUT2D eigenvalue weighted by molar-refractivity contribution is 5.97. The average molecular weight is 648 g/mol. The number of hydrogen-bond acceptors (Lipinski definition) is 6. The molecule has 0 aliphatic heterocycles. The molecule has 0 aliphatic rings. The Bertz CT molecular complexity index is 1800. The number of Topliss-reactive ketones (excluding diaryl/α,β-unsaturated/α-hetero) is 1. The summed E-state index contributed by atoms with van der Waals surface area (Å²) < 4.78 is 45.9. The van der Waals surface area contributed by atoms with Gasteiger partial charge in [0, 0.05) is 0 Å². The first kappa shape index (κ1) is 34.4. The Morgan fingerprint density at radius 1 is 0.809 bits per heavy atom. The van der Waals surface area contributed by atoms with Gasteiger partial charge in [-0.05, 0) is 40.8 Å². The maximum absolute atomic E-state index is 13.6. The highest BCUT2D eigenvalue weighted by atomic mass is 19.4. The van der Waals surface area contributed by atoms with E-state index >= 15 is 0 Å². The maximum atomic E-state index is 13.6. The minimum atomic E-state index is -5.17. The van der Waals surface area contributed by atoms with E-state index in [2.05, 4.69) is 10.6 Å². The quantitative estimate of drug-likeness (QED) is 0.201. The molecule has 0 saturated carbocycles. The summed E-state index contributed by atoms with van der Waals surface area (Å²) >= 11 is 0. The molecule has 12 heteroatoms.